The zero-order valence-electron chi connectivity index (χ0n) is 12.3. The lowest BCUT2D eigenvalue weighted by Crippen LogP contribution is -2.36. The quantitative estimate of drug-likeness (QED) is 0.352. The van der Waals surface area contributed by atoms with Crippen molar-refractivity contribution >= 4 is 22.8 Å². The molecule has 2 aromatic rings. The van der Waals surface area contributed by atoms with Gasteiger partial charge in [0.15, 0.2) is 5.96 Å². The Morgan fingerprint density at radius 3 is 2.64 bits per heavy atom. The summed E-state index contributed by atoms with van der Waals surface area (Å²) in [4.78, 5) is 14.2. The van der Waals surface area contributed by atoms with Crippen LogP contribution in [0.5, 0.6) is 5.75 Å². The van der Waals surface area contributed by atoms with E-state index in [0.717, 1.165) is 27.8 Å². The average molecular weight is 307 g/mol. The highest BCUT2D eigenvalue weighted by atomic mass is 16.4. The maximum absolute atomic E-state index is 9.92. The van der Waals surface area contributed by atoms with E-state index in [4.69, 9.17) is 22.0 Å². The first-order valence-corrected chi connectivity index (χ1v) is 6.61. The Hall–Kier alpha value is -2.74. The molecule has 0 saturated heterocycles. The van der Waals surface area contributed by atoms with Gasteiger partial charge in [0.05, 0.1) is 0 Å². The highest BCUT2D eigenvalue weighted by Gasteiger charge is 2.03. The molecule has 0 aliphatic rings. The molecule has 0 saturated carbocycles. The van der Waals surface area contributed by atoms with Gasteiger partial charge in [-0.2, -0.15) is 0 Å². The molecular formula is C14H21N5O3. The number of H-pyrrole nitrogens is 1. The van der Waals surface area contributed by atoms with Gasteiger partial charge >= 0.3 is 5.97 Å². The lowest BCUT2D eigenvalue weighted by molar-refractivity contribution is -0.137. The van der Waals surface area contributed by atoms with Gasteiger partial charge in [0.25, 0.3) is 0 Å². The molecule has 0 fully saturated rings. The molecule has 0 aliphatic carbocycles. The third-order valence-electron chi connectivity index (χ3n) is 2.95. The van der Waals surface area contributed by atoms with Crippen LogP contribution in [-0.2, 0) is 11.2 Å². The number of carboxylic acids is 1. The summed E-state index contributed by atoms with van der Waals surface area (Å²) in [6.45, 7) is 0.401. The van der Waals surface area contributed by atoms with E-state index in [2.05, 4.69) is 4.98 Å². The fraction of sp³-hybridized carbons (Fsp3) is 0.286. The largest absolute Gasteiger partial charge is 0.508 e. The first-order chi connectivity index (χ1) is 10.3. The van der Waals surface area contributed by atoms with E-state index in [9.17, 15) is 9.90 Å². The van der Waals surface area contributed by atoms with Crippen molar-refractivity contribution in [1.29, 1.82) is 5.41 Å². The zero-order valence-corrected chi connectivity index (χ0v) is 12.3. The molecule has 2 rings (SSSR count). The molecule has 1 aromatic heterocycles. The summed E-state index contributed by atoms with van der Waals surface area (Å²) < 4.78 is 0. The Balaban J connectivity index is 0.000000239. The lowest BCUT2D eigenvalue weighted by Gasteiger charge is -2.12. The topological polar surface area (TPSA) is 152 Å². The van der Waals surface area contributed by atoms with Crippen molar-refractivity contribution in [2.45, 2.75) is 6.42 Å². The van der Waals surface area contributed by atoms with Gasteiger partial charge in [-0.3, -0.25) is 10.2 Å². The number of likely N-dealkylation sites (N-methyl/N-ethyl adjacent to an activating group) is 1. The van der Waals surface area contributed by atoms with Crippen molar-refractivity contribution in [3.63, 3.8) is 0 Å². The minimum absolute atomic E-state index is 0.227. The molecule has 0 radical (unpaired) electrons. The maximum atomic E-state index is 9.92. The fourth-order valence-corrected chi connectivity index (χ4v) is 1.82. The van der Waals surface area contributed by atoms with Crippen LogP contribution >= 0.6 is 0 Å². The number of hydrogen-bond donors (Lipinski definition) is 6. The van der Waals surface area contributed by atoms with Crippen LogP contribution in [0, 0.1) is 5.41 Å². The Bertz CT molecular complexity index is 653. The summed E-state index contributed by atoms with van der Waals surface area (Å²) in [5.41, 5.74) is 12.6. The summed E-state index contributed by atoms with van der Waals surface area (Å²) in [6, 6.07) is 5.30. The van der Waals surface area contributed by atoms with Crippen LogP contribution < -0.4 is 11.5 Å². The number of nitrogens with one attached hydrogen (secondary N) is 2. The fourth-order valence-electron chi connectivity index (χ4n) is 1.82. The molecule has 0 aliphatic heterocycles. The predicted molar refractivity (Wildman–Crippen MR) is 84.9 cm³/mol. The molecule has 0 bridgehead atoms. The third kappa shape index (κ3) is 4.98. The van der Waals surface area contributed by atoms with Crippen molar-refractivity contribution in [2.75, 3.05) is 20.1 Å². The van der Waals surface area contributed by atoms with Crippen LogP contribution in [-0.4, -0.2) is 52.2 Å². The smallest absolute Gasteiger partial charge is 0.323 e. The summed E-state index contributed by atoms with van der Waals surface area (Å²) in [5.74, 6) is -0.935. The highest BCUT2D eigenvalue weighted by Crippen LogP contribution is 2.22. The molecule has 8 heteroatoms. The van der Waals surface area contributed by atoms with Gasteiger partial charge in [0.1, 0.15) is 12.3 Å². The second-order valence-corrected chi connectivity index (χ2v) is 4.72. The number of fused-ring (bicyclic) bond motifs is 1. The number of guanidine groups is 1. The Morgan fingerprint density at radius 1 is 1.45 bits per heavy atom. The van der Waals surface area contributed by atoms with Crippen molar-refractivity contribution < 1.29 is 15.0 Å². The normalized spacial score (nSPS) is 9.91. The predicted octanol–water partition coefficient (Wildman–Crippen LogP) is 0.271. The second kappa shape index (κ2) is 7.89. The standard InChI is InChI=1S/C10H12N2O.C4H9N3O2/c11-4-3-7-6-12-10-2-1-8(13)5-9(7)10;1-7(4(5)6)2-3(8)9/h1-2,5-6,12-13H,3-4,11H2;2H2,1H3,(H3,5,6)(H,8,9). The number of aromatic nitrogens is 1. The van der Waals surface area contributed by atoms with Crippen LogP contribution in [0.4, 0.5) is 0 Å². The molecule has 1 aromatic carbocycles. The Labute approximate surface area is 127 Å². The molecule has 0 unspecified atom stereocenters. The summed E-state index contributed by atoms with van der Waals surface area (Å²) in [5, 5.41) is 25.2. The van der Waals surface area contributed by atoms with Gasteiger partial charge in [0.2, 0.25) is 0 Å². The number of carbonyl (C=O) groups is 1. The zero-order chi connectivity index (χ0) is 16.7. The number of benzene rings is 1. The van der Waals surface area contributed by atoms with E-state index in [1.165, 1.54) is 7.05 Å². The van der Waals surface area contributed by atoms with Crippen LogP contribution in [0.25, 0.3) is 10.9 Å². The molecule has 0 amide bonds. The number of hydrogen-bond acceptors (Lipinski definition) is 4. The summed E-state index contributed by atoms with van der Waals surface area (Å²) in [6.07, 6.45) is 2.78. The number of phenols is 1. The maximum Gasteiger partial charge on any atom is 0.323 e. The van der Waals surface area contributed by atoms with Gasteiger partial charge in [-0.1, -0.05) is 0 Å². The van der Waals surface area contributed by atoms with E-state index in [0.29, 0.717) is 12.3 Å². The van der Waals surface area contributed by atoms with Crippen LogP contribution in [0.2, 0.25) is 0 Å². The van der Waals surface area contributed by atoms with Crippen LogP contribution in [0.3, 0.4) is 0 Å². The van der Waals surface area contributed by atoms with Crippen LogP contribution in [0.1, 0.15) is 5.56 Å². The highest BCUT2D eigenvalue weighted by molar-refractivity contribution is 5.84. The Kier molecular flexibility index (Phi) is 6.21. The first-order valence-electron chi connectivity index (χ1n) is 6.61. The first kappa shape index (κ1) is 17.3. The van der Waals surface area contributed by atoms with Gasteiger partial charge in [0, 0.05) is 24.1 Å². The average Bonchev–Trinajstić information content (AvgIpc) is 2.82. The van der Waals surface area contributed by atoms with Crippen molar-refractivity contribution in [2.24, 2.45) is 11.5 Å². The number of phenolic OH excluding ortho intramolecular Hbond substituents is 1. The number of rotatable bonds is 4. The van der Waals surface area contributed by atoms with E-state index in [-0.39, 0.29) is 12.5 Å². The summed E-state index contributed by atoms with van der Waals surface area (Å²) in [7, 11) is 1.44. The van der Waals surface area contributed by atoms with E-state index in [1.54, 1.807) is 12.1 Å². The molecule has 22 heavy (non-hydrogen) atoms. The number of aromatic hydroxyl groups is 1. The van der Waals surface area contributed by atoms with Crippen LogP contribution in [0.15, 0.2) is 24.4 Å². The van der Waals surface area contributed by atoms with E-state index >= 15 is 0 Å². The van der Waals surface area contributed by atoms with E-state index < -0.39 is 5.97 Å². The van der Waals surface area contributed by atoms with Crippen molar-refractivity contribution in [3.05, 3.63) is 30.0 Å². The molecular weight excluding hydrogens is 286 g/mol. The minimum atomic E-state index is -0.993. The number of nitrogens with two attached hydrogens (primary N) is 2. The van der Waals surface area contributed by atoms with Gasteiger partial charge in [-0.05, 0) is 36.7 Å². The van der Waals surface area contributed by atoms with E-state index in [1.807, 2.05) is 12.3 Å². The number of aliphatic carboxylic acids is 1. The van der Waals surface area contributed by atoms with Crippen molar-refractivity contribution in [1.82, 2.24) is 9.88 Å². The molecule has 1 heterocycles. The monoisotopic (exact) mass is 307 g/mol. The molecule has 8 N–H and O–H groups in total. The van der Waals surface area contributed by atoms with Gasteiger partial charge in [-0.15, -0.1) is 0 Å². The third-order valence-corrected chi connectivity index (χ3v) is 2.95. The Morgan fingerprint density at radius 2 is 2.14 bits per heavy atom. The van der Waals surface area contributed by atoms with Gasteiger partial charge < -0.3 is 31.6 Å². The van der Waals surface area contributed by atoms with Crippen molar-refractivity contribution in [3.8, 4) is 5.75 Å². The molecule has 0 atom stereocenters. The molecule has 120 valence electrons. The summed E-state index contributed by atoms with van der Waals surface area (Å²) >= 11 is 0. The minimum Gasteiger partial charge on any atom is -0.508 e. The second-order valence-electron chi connectivity index (χ2n) is 4.72. The number of carboxylic acid groups (broad SMARTS) is 1. The number of nitrogens with zero attached hydrogens (tertiary/aromatic N) is 1. The molecule has 8 nitrogen and oxygen atoms in total. The lowest BCUT2D eigenvalue weighted by atomic mass is 10.1. The molecule has 0 spiro atoms. The number of aromatic amines is 1. The van der Waals surface area contributed by atoms with Gasteiger partial charge in [-0.25, -0.2) is 0 Å². The SMILES string of the molecule is CN(CC(=O)O)C(=N)N.NCCc1c[nH]c2ccc(O)cc12.